The minimum absolute atomic E-state index is 0.152. The van der Waals surface area contributed by atoms with Crippen LogP contribution in [0.2, 0.25) is 0 Å². The first-order valence-corrected chi connectivity index (χ1v) is 7.26. The number of amides is 1. The number of thioether (sulfide) groups is 1. The number of benzene rings is 2. The maximum atomic E-state index is 13.2. The maximum Gasteiger partial charge on any atom is 0.264 e. The molecule has 1 heterocycles. The van der Waals surface area contributed by atoms with E-state index in [0.29, 0.717) is 21.3 Å². The highest BCUT2D eigenvalue weighted by Gasteiger charge is 2.23. The number of nitrogens with zero attached hydrogens (tertiary/aromatic N) is 1. The van der Waals surface area contributed by atoms with E-state index in [0.717, 1.165) is 0 Å². The molecule has 0 aliphatic carbocycles. The van der Waals surface area contributed by atoms with E-state index >= 15 is 0 Å². The van der Waals surface area contributed by atoms with Crippen LogP contribution in [0.1, 0.15) is 5.56 Å². The minimum atomic E-state index is -0.351. The summed E-state index contributed by atoms with van der Waals surface area (Å²) in [6, 6.07) is 12.3. The first kappa shape index (κ1) is 14.3. The Balaban J connectivity index is 1.82. The number of phenols is 1. The molecule has 2 aromatic rings. The van der Waals surface area contributed by atoms with E-state index in [2.05, 4.69) is 10.3 Å². The number of carbonyl (C=O) groups excluding carboxylic acids is 1. The van der Waals surface area contributed by atoms with E-state index in [1.54, 1.807) is 30.3 Å². The zero-order valence-electron chi connectivity index (χ0n) is 11.3. The predicted molar refractivity (Wildman–Crippen MR) is 85.3 cm³/mol. The fraction of sp³-hybridized carbons (Fsp3) is 0. The summed E-state index contributed by atoms with van der Waals surface area (Å²) in [6.07, 6.45) is 1.61. The molecule has 0 spiro atoms. The third-order valence-electron chi connectivity index (χ3n) is 2.88. The highest BCUT2D eigenvalue weighted by molar-refractivity contribution is 8.18. The summed E-state index contributed by atoms with van der Waals surface area (Å²) in [5.41, 5.74) is 1.23. The monoisotopic (exact) mass is 314 g/mol. The molecule has 22 heavy (non-hydrogen) atoms. The second kappa shape index (κ2) is 6.03. The van der Waals surface area contributed by atoms with Gasteiger partial charge in [-0.3, -0.25) is 4.79 Å². The molecular weight excluding hydrogens is 303 g/mol. The molecule has 0 unspecified atom stereocenters. The van der Waals surface area contributed by atoms with E-state index in [4.69, 9.17) is 0 Å². The van der Waals surface area contributed by atoms with Gasteiger partial charge in [-0.2, -0.15) is 0 Å². The van der Waals surface area contributed by atoms with Gasteiger partial charge in [-0.05, 0) is 59.8 Å². The summed E-state index contributed by atoms with van der Waals surface area (Å²) in [5.74, 6) is -0.471. The molecule has 1 aliphatic heterocycles. The quantitative estimate of drug-likeness (QED) is 0.835. The van der Waals surface area contributed by atoms with E-state index in [-0.39, 0.29) is 17.5 Å². The summed E-state index contributed by atoms with van der Waals surface area (Å²) in [5, 5.41) is 12.3. The highest BCUT2D eigenvalue weighted by atomic mass is 32.2. The molecule has 0 bridgehead atoms. The van der Waals surface area contributed by atoms with Crippen molar-refractivity contribution in [2.45, 2.75) is 0 Å². The first-order valence-electron chi connectivity index (χ1n) is 6.44. The molecule has 2 aromatic carbocycles. The van der Waals surface area contributed by atoms with E-state index < -0.39 is 0 Å². The van der Waals surface area contributed by atoms with Crippen molar-refractivity contribution in [3.05, 3.63) is 64.8 Å². The largest absolute Gasteiger partial charge is 0.508 e. The molecule has 6 heteroatoms. The van der Waals surface area contributed by atoms with E-state index in [1.807, 2.05) is 0 Å². The zero-order valence-corrected chi connectivity index (χ0v) is 12.1. The smallest absolute Gasteiger partial charge is 0.264 e. The average molecular weight is 314 g/mol. The normalized spacial score (nSPS) is 18.0. The summed E-state index contributed by atoms with van der Waals surface area (Å²) in [4.78, 5) is 16.6. The topological polar surface area (TPSA) is 61.7 Å². The minimum Gasteiger partial charge on any atom is -0.508 e. The van der Waals surface area contributed by atoms with Crippen LogP contribution >= 0.6 is 11.8 Å². The Morgan fingerprint density at radius 3 is 2.68 bits per heavy atom. The molecule has 0 radical (unpaired) electrons. The molecule has 1 amide bonds. The van der Waals surface area contributed by atoms with Gasteiger partial charge in [-0.15, -0.1) is 0 Å². The van der Waals surface area contributed by atoms with Crippen LogP contribution in [0, 0.1) is 5.82 Å². The molecule has 0 aromatic heterocycles. The molecule has 1 aliphatic rings. The number of carbonyl (C=O) groups is 1. The van der Waals surface area contributed by atoms with Gasteiger partial charge >= 0.3 is 0 Å². The molecule has 4 nitrogen and oxygen atoms in total. The van der Waals surface area contributed by atoms with Crippen LogP contribution in [-0.2, 0) is 4.79 Å². The average Bonchev–Trinajstić information content (AvgIpc) is 2.81. The van der Waals surface area contributed by atoms with Gasteiger partial charge in [0.2, 0.25) is 0 Å². The molecule has 1 saturated heterocycles. The number of amidine groups is 1. The van der Waals surface area contributed by atoms with Crippen LogP contribution in [0.4, 0.5) is 10.1 Å². The molecule has 0 atom stereocenters. The Kier molecular flexibility index (Phi) is 3.93. The van der Waals surface area contributed by atoms with Gasteiger partial charge in [0.15, 0.2) is 5.17 Å². The summed E-state index contributed by atoms with van der Waals surface area (Å²) in [6.45, 7) is 0. The number of halogens is 1. The number of rotatable bonds is 2. The van der Waals surface area contributed by atoms with E-state index in [1.165, 1.54) is 36.0 Å². The van der Waals surface area contributed by atoms with Crippen molar-refractivity contribution in [3.63, 3.8) is 0 Å². The number of hydrogen-bond donors (Lipinski definition) is 2. The van der Waals surface area contributed by atoms with Gasteiger partial charge in [0, 0.05) is 0 Å². The summed E-state index contributed by atoms with van der Waals surface area (Å²) < 4.78 is 13.2. The Bertz CT molecular complexity index is 785. The Labute approximate surface area is 130 Å². The lowest BCUT2D eigenvalue weighted by atomic mass is 10.2. The Hall–Kier alpha value is -2.60. The van der Waals surface area contributed by atoms with Crippen molar-refractivity contribution < 1.29 is 14.3 Å². The zero-order chi connectivity index (χ0) is 15.5. The third-order valence-corrected chi connectivity index (χ3v) is 3.79. The maximum absolute atomic E-state index is 13.2. The van der Waals surface area contributed by atoms with Crippen LogP contribution < -0.4 is 5.32 Å². The fourth-order valence-electron chi connectivity index (χ4n) is 1.87. The van der Waals surface area contributed by atoms with Gasteiger partial charge in [0.05, 0.1) is 10.6 Å². The van der Waals surface area contributed by atoms with Crippen LogP contribution in [-0.4, -0.2) is 16.2 Å². The van der Waals surface area contributed by atoms with Crippen LogP contribution in [0.25, 0.3) is 6.08 Å². The highest BCUT2D eigenvalue weighted by Crippen LogP contribution is 2.28. The third kappa shape index (κ3) is 3.35. The van der Waals surface area contributed by atoms with Crippen LogP contribution in [0.3, 0.4) is 0 Å². The molecule has 1 fully saturated rings. The molecule has 0 saturated carbocycles. The molecular formula is C16H11FN2O2S. The van der Waals surface area contributed by atoms with Crippen LogP contribution in [0.15, 0.2) is 58.4 Å². The molecule has 2 N–H and O–H groups in total. The number of aromatic hydroxyl groups is 1. The van der Waals surface area contributed by atoms with Crippen molar-refractivity contribution in [2.75, 3.05) is 0 Å². The van der Waals surface area contributed by atoms with Crippen LogP contribution in [0.5, 0.6) is 5.75 Å². The van der Waals surface area contributed by atoms with E-state index in [9.17, 15) is 14.3 Å². The number of hydrogen-bond acceptors (Lipinski definition) is 4. The number of phenolic OH excluding ortho intramolecular Hbond substituents is 1. The van der Waals surface area contributed by atoms with Crippen molar-refractivity contribution in [2.24, 2.45) is 4.99 Å². The van der Waals surface area contributed by atoms with Crippen molar-refractivity contribution in [3.8, 4) is 5.75 Å². The lowest BCUT2D eigenvalue weighted by Gasteiger charge is -1.96. The van der Waals surface area contributed by atoms with Crippen molar-refractivity contribution >= 4 is 34.6 Å². The molecule has 3 rings (SSSR count). The van der Waals surface area contributed by atoms with Crippen molar-refractivity contribution in [1.29, 1.82) is 0 Å². The lowest BCUT2D eigenvalue weighted by Crippen LogP contribution is -2.19. The van der Waals surface area contributed by atoms with Gasteiger partial charge in [-0.1, -0.05) is 12.1 Å². The summed E-state index contributed by atoms with van der Waals surface area (Å²) in [7, 11) is 0. The predicted octanol–water partition coefficient (Wildman–Crippen LogP) is 3.42. The fourth-order valence-corrected chi connectivity index (χ4v) is 2.71. The van der Waals surface area contributed by atoms with Gasteiger partial charge in [0.25, 0.3) is 5.91 Å². The van der Waals surface area contributed by atoms with Gasteiger partial charge < -0.3 is 10.4 Å². The molecule has 110 valence electrons. The van der Waals surface area contributed by atoms with Gasteiger partial charge in [-0.25, -0.2) is 9.38 Å². The second-order valence-electron chi connectivity index (χ2n) is 4.55. The lowest BCUT2D eigenvalue weighted by molar-refractivity contribution is -0.115. The Morgan fingerprint density at radius 2 is 1.95 bits per heavy atom. The SMILES string of the molecule is O=C1NC(=Nc2ccc(O)cc2)S/C1=C/c1cccc(F)c1. The second-order valence-corrected chi connectivity index (χ2v) is 5.58. The number of nitrogens with one attached hydrogen (secondary N) is 1. The number of aliphatic imine (C=N–C) groups is 1. The summed E-state index contributed by atoms with van der Waals surface area (Å²) >= 11 is 1.18. The standard InChI is InChI=1S/C16H11FN2O2S/c17-11-3-1-2-10(8-11)9-14-15(21)19-16(22-14)18-12-4-6-13(20)7-5-12/h1-9,20H,(H,18,19,21)/b14-9+. The Morgan fingerprint density at radius 1 is 1.18 bits per heavy atom. The van der Waals surface area contributed by atoms with Crippen molar-refractivity contribution in [1.82, 2.24) is 5.32 Å². The van der Waals surface area contributed by atoms with Gasteiger partial charge in [0.1, 0.15) is 11.6 Å². The first-order chi connectivity index (χ1) is 10.6.